The van der Waals surface area contributed by atoms with Crippen LogP contribution in [0.2, 0.25) is 0 Å². The number of rotatable bonds is 5. The fourth-order valence-corrected chi connectivity index (χ4v) is 4.82. The van der Waals surface area contributed by atoms with Crippen molar-refractivity contribution in [2.75, 3.05) is 36.5 Å². The first kappa shape index (κ1) is 19.5. The van der Waals surface area contributed by atoms with E-state index in [1.165, 1.54) is 32.1 Å². The molecule has 0 spiro atoms. The standard InChI is InChI=1S/C23H28N8O/c1-2-6-16(7-3-1)31-15-25-20-21(24-14-19-26-17-8-4-5-9-18(17)27-19)28-23(29-22(20)31)30-10-12-32-13-11-30/h4-5,8-9,15-16H,1-3,6-7,10-14H2,(H,26,27)(H,24,28,29). The Bertz CT molecular complexity index is 1190. The molecule has 4 heterocycles. The minimum Gasteiger partial charge on any atom is -0.378 e. The fraction of sp³-hybridized carbons (Fsp3) is 0.478. The number of anilines is 2. The van der Waals surface area contributed by atoms with Gasteiger partial charge in [-0.3, -0.25) is 0 Å². The fourth-order valence-electron chi connectivity index (χ4n) is 4.82. The molecule has 4 aromatic rings. The topological polar surface area (TPSA) is 96.8 Å². The van der Waals surface area contributed by atoms with E-state index < -0.39 is 0 Å². The Morgan fingerprint density at radius 3 is 2.72 bits per heavy atom. The lowest BCUT2D eigenvalue weighted by molar-refractivity contribution is 0.122. The number of nitrogens with one attached hydrogen (secondary N) is 2. The number of morpholine rings is 1. The van der Waals surface area contributed by atoms with Crippen molar-refractivity contribution in [1.29, 1.82) is 0 Å². The van der Waals surface area contributed by atoms with Crippen molar-refractivity contribution in [2.24, 2.45) is 0 Å². The third-order valence-corrected chi connectivity index (χ3v) is 6.53. The van der Waals surface area contributed by atoms with Gasteiger partial charge in [-0.1, -0.05) is 31.4 Å². The molecule has 2 aliphatic rings. The van der Waals surface area contributed by atoms with Gasteiger partial charge < -0.3 is 24.5 Å². The van der Waals surface area contributed by atoms with Gasteiger partial charge in [0.2, 0.25) is 5.95 Å². The molecule has 1 saturated heterocycles. The highest BCUT2D eigenvalue weighted by atomic mass is 16.5. The highest BCUT2D eigenvalue weighted by Crippen LogP contribution is 2.32. The number of para-hydroxylation sites is 2. The smallest absolute Gasteiger partial charge is 0.229 e. The summed E-state index contributed by atoms with van der Waals surface area (Å²) in [6.07, 6.45) is 8.17. The second kappa shape index (κ2) is 8.38. The zero-order chi connectivity index (χ0) is 21.3. The van der Waals surface area contributed by atoms with Gasteiger partial charge in [0, 0.05) is 19.1 Å². The van der Waals surface area contributed by atoms with E-state index in [1.807, 2.05) is 30.6 Å². The van der Waals surface area contributed by atoms with E-state index in [9.17, 15) is 0 Å². The van der Waals surface area contributed by atoms with Gasteiger partial charge in [-0.15, -0.1) is 0 Å². The van der Waals surface area contributed by atoms with Gasteiger partial charge in [0.25, 0.3) is 0 Å². The summed E-state index contributed by atoms with van der Waals surface area (Å²) in [5, 5.41) is 3.48. The predicted octanol–water partition coefficient (Wildman–Crippen LogP) is 3.66. The zero-order valence-corrected chi connectivity index (χ0v) is 18.1. The highest BCUT2D eigenvalue weighted by Gasteiger charge is 2.23. The van der Waals surface area contributed by atoms with Crippen molar-refractivity contribution < 1.29 is 4.74 Å². The summed E-state index contributed by atoms with van der Waals surface area (Å²) in [6.45, 7) is 3.54. The van der Waals surface area contributed by atoms with Gasteiger partial charge in [-0.2, -0.15) is 9.97 Å². The average Bonchev–Trinajstić information content (AvgIpc) is 3.47. The lowest BCUT2D eigenvalue weighted by Crippen LogP contribution is -2.37. The molecular formula is C23H28N8O. The van der Waals surface area contributed by atoms with Gasteiger partial charge in [0.05, 0.1) is 37.1 Å². The number of aromatic nitrogens is 6. The number of imidazole rings is 2. The number of fused-ring (bicyclic) bond motifs is 2. The Balaban J connectivity index is 1.35. The van der Waals surface area contributed by atoms with Crippen LogP contribution in [-0.2, 0) is 11.3 Å². The maximum Gasteiger partial charge on any atom is 0.229 e. The number of ether oxygens (including phenoxy) is 1. The Hall–Kier alpha value is -3.20. The summed E-state index contributed by atoms with van der Waals surface area (Å²) >= 11 is 0. The first-order chi connectivity index (χ1) is 15.8. The molecule has 2 N–H and O–H groups in total. The molecule has 1 aromatic carbocycles. The molecule has 9 nitrogen and oxygen atoms in total. The van der Waals surface area contributed by atoms with Crippen molar-refractivity contribution in [1.82, 2.24) is 29.5 Å². The van der Waals surface area contributed by atoms with Crippen LogP contribution in [0.5, 0.6) is 0 Å². The van der Waals surface area contributed by atoms with Crippen molar-refractivity contribution in [3.63, 3.8) is 0 Å². The molecule has 1 aliphatic carbocycles. The molecule has 0 atom stereocenters. The number of aromatic amines is 1. The molecule has 0 amide bonds. The Kier molecular flexibility index (Phi) is 5.10. The number of benzene rings is 1. The average molecular weight is 433 g/mol. The Morgan fingerprint density at radius 1 is 1.03 bits per heavy atom. The molecule has 1 aliphatic heterocycles. The summed E-state index contributed by atoms with van der Waals surface area (Å²) in [4.78, 5) is 24.9. The molecule has 3 aromatic heterocycles. The van der Waals surface area contributed by atoms with Crippen LogP contribution >= 0.6 is 0 Å². The number of H-pyrrole nitrogens is 1. The van der Waals surface area contributed by atoms with E-state index in [-0.39, 0.29) is 0 Å². The number of nitrogens with zero attached hydrogens (tertiary/aromatic N) is 6. The maximum absolute atomic E-state index is 5.53. The van der Waals surface area contributed by atoms with Crippen LogP contribution in [0.1, 0.15) is 44.0 Å². The highest BCUT2D eigenvalue weighted by molar-refractivity contribution is 5.84. The van der Waals surface area contributed by atoms with E-state index in [0.29, 0.717) is 25.8 Å². The summed E-state index contributed by atoms with van der Waals surface area (Å²) in [5.74, 6) is 2.37. The van der Waals surface area contributed by atoms with E-state index in [1.54, 1.807) is 0 Å². The van der Waals surface area contributed by atoms with E-state index >= 15 is 0 Å². The zero-order valence-electron chi connectivity index (χ0n) is 18.1. The number of hydrogen-bond donors (Lipinski definition) is 2. The Morgan fingerprint density at radius 2 is 1.88 bits per heavy atom. The van der Waals surface area contributed by atoms with Crippen LogP contribution in [0.3, 0.4) is 0 Å². The number of hydrogen-bond acceptors (Lipinski definition) is 7. The third-order valence-electron chi connectivity index (χ3n) is 6.53. The first-order valence-corrected chi connectivity index (χ1v) is 11.6. The van der Waals surface area contributed by atoms with E-state index in [0.717, 1.165) is 52.9 Å². The molecule has 0 bridgehead atoms. The van der Waals surface area contributed by atoms with Crippen LogP contribution in [0.25, 0.3) is 22.2 Å². The monoisotopic (exact) mass is 432 g/mol. The Labute approximate surface area is 186 Å². The van der Waals surface area contributed by atoms with Crippen LogP contribution in [0, 0.1) is 0 Å². The normalized spacial score (nSPS) is 17.9. The molecule has 166 valence electrons. The van der Waals surface area contributed by atoms with Crippen molar-refractivity contribution in [2.45, 2.75) is 44.7 Å². The van der Waals surface area contributed by atoms with Crippen LogP contribution in [0.4, 0.5) is 11.8 Å². The first-order valence-electron chi connectivity index (χ1n) is 11.6. The van der Waals surface area contributed by atoms with Crippen LogP contribution in [0.15, 0.2) is 30.6 Å². The second-order valence-corrected chi connectivity index (χ2v) is 8.64. The second-order valence-electron chi connectivity index (χ2n) is 8.64. The van der Waals surface area contributed by atoms with Crippen molar-refractivity contribution in [3.8, 4) is 0 Å². The van der Waals surface area contributed by atoms with Gasteiger partial charge in [0.15, 0.2) is 17.0 Å². The third kappa shape index (κ3) is 3.66. The minimum absolute atomic E-state index is 0.462. The minimum atomic E-state index is 0.462. The molecule has 0 unspecified atom stereocenters. The van der Waals surface area contributed by atoms with Gasteiger partial charge >= 0.3 is 0 Å². The van der Waals surface area contributed by atoms with Crippen LogP contribution < -0.4 is 10.2 Å². The van der Waals surface area contributed by atoms with Crippen LogP contribution in [-0.4, -0.2) is 55.8 Å². The van der Waals surface area contributed by atoms with Gasteiger partial charge in [0.1, 0.15) is 5.82 Å². The predicted molar refractivity (Wildman–Crippen MR) is 124 cm³/mol. The molecule has 1 saturated carbocycles. The summed E-state index contributed by atoms with van der Waals surface area (Å²) < 4.78 is 7.80. The molecule has 32 heavy (non-hydrogen) atoms. The summed E-state index contributed by atoms with van der Waals surface area (Å²) in [7, 11) is 0. The lowest BCUT2D eigenvalue weighted by Gasteiger charge is -2.27. The molecule has 9 heteroatoms. The summed E-state index contributed by atoms with van der Waals surface area (Å²) in [6, 6.07) is 8.53. The van der Waals surface area contributed by atoms with E-state index in [4.69, 9.17) is 19.7 Å². The molecule has 2 fully saturated rings. The lowest BCUT2D eigenvalue weighted by atomic mass is 9.95. The molecule has 0 radical (unpaired) electrons. The molecule has 6 rings (SSSR count). The van der Waals surface area contributed by atoms with Gasteiger partial charge in [-0.05, 0) is 25.0 Å². The maximum atomic E-state index is 5.53. The van der Waals surface area contributed by atoms with Crippen molar-refractivity contribution >= 4 is 34.0 Å². The summed E-state index contributed by atoms with van der Waals surface area (Å²) in [5.41, 5.74) is 3.74. The molecular weight excluding hydrogens is 404 g/mol. The quantitative estimate of drug-likeness (QED) is 0.497. The van der Waals surface area contributed by atoms with Gasteiger partial charge in [-0.25, -0.2) is 9.97 Å². The SMILES string of the molecule is c1ccc2[nH]c(CNc3nc(N4CCOCC4)nc4c3ncn4C3CCCCC3)nc2c1. The van der Waals surface area contributed by atoms with Crippen molar-refractivity contribution in [3.05, 3.63) is 36.4 Å². The largest absolute Gasteiger partial charge is 0.378 e. The van der Waals surface area contributed by atoms with E-state index in [2.05, 4.69) is 24.8 Å².